The quantitative estimate of drug-likeness (QED) is 0.541. The molecule has 3 rings (SSSR count). The van der Waals surface area contributed by atoms with E-state index in [0.717, 1.165) is 28.2 Å². The highest BCUT2D eigenvalue weighted by molar-refractivity contribution is 7.80. The first-order valence-corrected chi connectivity index (χ1v) is 9.31. The zero-order valence-corrected chi connectivity index (χ0v) is 16.5. The molecule has 0 unspecified atom stereocenters. The van der Waals surface area contributed by atoms with Gasteiger partial charge in [0, 0.05) is 17.1 Å². The van der Waals surface area contributed by atoms with Gasteiger partial charge in [0.15, 0.2) is 0 Å². The molecule has 0 aliphatic rings. The molecule has 0 heterocycles. The maximum Gasteiger partial charge on any atom is 0.120 e. The number of rotatable bonds is 7. The molecular weight excluding hydrogens is 378 g/mol. The summed E-state index contributed by atoms with van der Waals surface area (Å²) < 4.78 is 11.0. The molecule has 3 aromatic carbocycles. The van der Waals surface area contributed by atoms with Gasteiger partial charge in [0.05, 0.1) is 7.11 Å². The van der Waals surface area contributed by atoms with Crippen LogP contribution in [0.25, 0.3) is 0 Å². The zero-order chi connectivity index (χ0) is 19.1. The van der Waals surface area contributed by atoms with Gasteiger partial charge in [-0.05, 0) is 47.5 Å². The monoisotopic (exact) mass is 397 g/mol. The van der Waals surface area contributed by atoms with E-state index in [1.807, 2.05) is 72.8 Å². The first-order chi connectivity index (χ1) is 13.1. The smallest absolute Gasteiger partial charge is 0.120 e. The first-order valence-electron chi connectivity index (χ1n) is 8.52. The fourth-order valence-electron chi connectivity index (χ4n) is 2.50. The Labute approximate surface area is 169 Å². The Morgan fingerprint density at radius 1 is 0.926 bits per heavy atom. The van der Waals surface area contributed by atoms with Crippen molar-refractivity contribution in [2.75, 3.05) is 7.11 Å². The normalized spacial score (nSPS) is 10.3. The molecule has 0 aliphatic heterocycles. The Morgan fingerprint density at radius 2 is 1.63 bits per heavy atom. The standard InChI is InChI=1S/C22H20ClNO2S/c1-25-20-11-7-16(8-12-20)14-24-22(27)18-3-2-4-21(13-18)26-15-17-5-9-19(23)10-6-17/h2-13H,14-15H2,1H3,(H,24,27). The van der Waals surface area contributed by atoms with Gasteiger partial charge in [0.1, 0.15) is 23.1 Å². The second kappa shape index (κ2) is 9.40. The predicted molar refractivity (Wildman–Crippen MR) is 114 cm³/mol. The summed E-state index contributed by atoms with van der Waals surface area (Å²) in [5, 5.41) is 4.00. The summed E-state index contributed by atoms with van der Waals surface area (Å²) in [5.74, 6) is 1.61. The molecule has 0 bridgehead atoms. The van der Waals surface area contributed by atoms with Crippen LogP contribution in [0.3, 0.4) is 0 Å². The van der Waals surface area contributed by atoms with Crippen molar-refractivity contribution in [1.29, 1.82) is 0 Å². The minimum Gasteiger partial charge on any atom is -0.497 e. The number of halogens is 1. The van der Waals surface area contributed by atoms with E-state index in [1.54, 1.807) is 7.11 Å². The third-order valence-corrected chi connectivity index (χ3v) is 4.66. The summed E-state index contributed by atoms with van der Waals surface area (Å²) in [6.45, 7) is 1.13. The van der Waals surface area contributed by atoms with Crippen LogP contribution in [0.4, 0.5) is 0 Å². The van der Waals surface area contributed by atoms with E-state index < -0.39 is 0 Å². The van der Waals surface area contributed by atoms with Gasteiger partial charge < -0.3 is 14.8 Å². The summed E-state index contributed by atoms with van der Waals surface area (Å²) in [4.78, 5) is 0.683. The number of benzene rings is 3. The number of methoxy groups -OCH3 is 1. The van der Waals surface area contributed by atoms with Crippen LogP contribution in [0.5, 0.6) is 11.5 Å². The Morgan fingerprint density at radius 3 is 2.33 bits per heavy atom. The summed E-state index contributed by atoms with van der Waals surface area (Å²) in [6, 6.07) is 23.3. The van der Waals surface area contributed by atoms with E-state index in [1.165, 1.54) is 0 Å². The summed E-state index contributed by atoms with van der Waals surface area (Å²) in [6.07, 6.45) is 0. The van der Waals surface area contributed by atoms with E-state index in [9.17, 15) is 0 Å². The van der Waals surface area contributed by atoms with Crippen LogP contribution in [0.1, 0.15) is 16.7 Å². The second-order valence-electron chi connectivity index (χ2n) is 5.97. The fourth-order valence-corrected chi connectivity index (χ4v) is 2.83. The molecule has 0 radical (unpaired) electrons. The van der Waals surface area contributed by atoms with E-state index >= 15 is 0 Å². The number of hydrogen-bond donors (Lipinski definition) is 1. The average molecular weight is 398 g/mol. The minimum atomic E-state index is 0.479. The third kappa shape index (κ3) is 5.71. The molecule has 0 saturated carbocycles. The Hall–Kier alpha value is -2.56. The van der Waals surface area contributed by atoms with Crippen molar-refractivity contribution in [3.05, 3.63) is 94.5 Å². The molecule has 0 aromatic heterocycles. The second-order valence-corrected chi connectivity index (χ2v) is 6.82. The Balaban J connectivity index is 1.56. The fraction of sp³-hybridized carbons (Fsp3) is 0.136. The van der Waals surface area contributed by atoms with E-state index in [2.05, 4.69) is 5.32 Å². The van der Waals surface area contributed by atoms with Gasteiger partial charge >= 0.3 is 0 Å². The summed E-state index contributed by atoms with van der Waals surface area (Å²) >= 11 is 11.4. The molecular formula is C22H20ClNO2S. The molecule has 3 nitrogen and oxygen atoms in total. The SMILES string of the molecule is COc1ccc(CNC(=S)c2cccc(OCc3ccc(Cl)cc3)c2)cc1. The molecule has 0 atom stereocenters. The largest absolute Gasteiger partial charge is 0.497 e. The van der Waals surface area contributed by atoms with Crippen LogP contribution >= 0.6 is 23.8 Å². The van der Waals surface area contributed by atoms with E-state index in [0.29, 0.717) is 23.2 Å². The van der Waals surface area contributed by atoms with Crippen LogP contribution in [0.2, 0.25) is 5.02 Å². The van der Waals surface area contributed by atoms with Crippen molar-refractivity contribution >= 4 is 28.8 Å². The van der Waals surface area contributed by atoms with Crippen molar-refractivity contribution in [2.45, 2.75) is 13.2 Å². The van der Waals surface area contributed by atoms with Gasteiger partial charge in [0.25, 0.3) is 0 Å². The van der Waals surface area contributed by atoms with Crippen molar-refractivity contribution in [3.63, 3.8) is 0 Å². The van der Waals surface area contributed by atoms with Gasteiger partial charge in [-0.3, -0.25) is 0 Å². The van der Waals surface area contributed by atoms with Crippen LogP contribution < -0.4 is 14.8 Å². The third-order valence-electron chi connectivity index (χ3n) is 4.03. The van der Waals surface area contributed by atoms with Gasteiger partial charge in [-0.15, -0.1) is 0 Å². The Bertz CT molecular complexity index is 895. The van der Waals surface area contributed by atoms with Crippen LogP contribution in [-0.2, 0) is 13.2 Å². The minimum absolute atomic E-state index is 0.479. The molecule has 0 spiro atoms. The first kappa shape index (κ1) is 19.2. The van der Waals surface area contributed by atoms with Gasteiger partial charge in [-0.1, -0.05) is 60.2 Å². The summed E-state index contributed by atoms with van der Waals surface area (Å²) in [5.41, 5.74) is 3.12. The molecule has 5 heteroatoms. The van der Waals surface area contributed by atoms with Crippen molar-refractivity contribution in [3.8, 4) is 11.5 Å². The number of hydrogen-bond acceptors (Lipinski definition) is 3. The molecule has 0 aliphatic carbocycles. The molecule has 27 heavy (non-hydrogen) atoms. The lowest BCUT2D eigenvalue weighted by molar-refractivity contribution is 0.306. The molecule has 0 amide bonds. The lowest BCUT2D eigenvalue weighted by Gasteiger charge is -2.11. The van der Waals surface area contributed by atoms with E-state index in [4.69, 9.17) is 33.3 Å². The predicted octanol–water partition coefficient (Wildman–Crippen LogP) is 5.39. The average Bonchev–Trinajstić information content (AvgIpc) is 2.72. The maximum atomic E-state index is 5.91. The van der Waals surface area contributed by atoms with E-state index in [-0.39, 0.29) is 0 Å². The van der Waals surface area contributed by atoms with Crippen molar-refractivity contribution < 1.29 is 9.47 Å². The van der Waals surface area contributed by atoms with Crippen LogP contribution in [0, 0.1) is 0 Å². The van der Waals surface area contributed by atoms with Crippen LogP contribution in [-0.4, -0.2) is 12.1 Å². The highest BCUT2D eigenvalue weighted by atomic mass is 35.5. The van der Waals surface area contributed by atoms with Gasteiger partial charge in [-0.2, -0.15) is 0 Å². The van der Waals surface area contributed by atoms with Crippen molar-refractivity contribution in [1.82, 2.24) is 5.32 Å². The molecule has 138 valence electrons. The zero-order valence-electron chi connectivity index (χ0n) is 14.9. The lowest BCUT2D eigenvalue weighted by Crippen LogP contribution is -2.21. The van der Waals surface area contributed by atoms with Gasteiger partial charge in [0.2, 0.25) is 0 Å². The highest BCUT2D eigenvalue weighted by Crippen LogP contribution is 2.17. The lowest BCUT2D eigenvalue weighted by atomic mass is 10.2. The molecule has 1 N–H and O–H groups in total. The molecule has 0 saturated heterocycles. The number of thiocarbonyl (C=S) groups is 1. The Kier molecular flexibility index (Phi) is 6.69. The van der Waals surface area contributed by atoms with Crippen LogP contribution in [0.15, 0.2) is 72.8 Å². The molecule has 3 aromatic rings. The van der Waals surface area contributed by atoms with Gasteiger partial charge in [-0.25, -0.2) is 0 Å². The summed E-state index contributed by atoms with van der Waals surface area (Å²) in [7, 11) is 1.66. The number of ether oxygens (including phenoxy) is 2. The topological polar surface area (TPSA) is 30.5 Å². The maximum absolute atomic E-state index is 5.91. The van der Waals surface area contributed by atoms with Crippen molar-refractivity contribution in [2.24, 2.45) is 0 Å². The number of nitrogens with one attached hydrogen (secondary N) is 1. The molecule has 0 fully saturated rings. The highest BCUT2D eigenvalue weighted by Gasteiger charge is 2.04.